The second kappa shape index (κ2) is 5.66. The molecular formula is C19H23N5. The molecule has 3 aliphatic rings. The van der Waals surface area contributed by atoms with E-state index in [1.807, 2.05) is 13.1 Å². The molecule has 5 nitrogen and oxygen atoms in total. The van der Waals surface area contributed by atoms with Crippen molar-refractivity contribution in [3.05, 3.63) is 22.9 Å². The third kappa shape index (κ3) is 2.00. The summed E-state index contributed by atoms with van der Waals surface area (Å²) in [5, 5.41) is 29.5. The molecule has 0 aromatic rings. The SMILES string of the molecule is CC1CCC2(CC1)C(C#N)=C(N)C(C#N)(C#N)C1=CCN(C)C[C@@H]12. The van der Waals surface area contributed by atoms with E-state index < -0.39 is 5.41 Å². The van der Waals surface area contributed by atoms with Crippen molar-refractivity contribution in [2.45, 2.75) is 32.6 Å². The van der Waals surface area contributed by atoms with Gasteiger partial charge in [0.25, 0.3) is 0 Å². The summed E-state index contributed by atoms with van der Waals surface area (Å²) in [6.45, 7) is 3.72. The second-order valence-electron chi connectivity index (χ2n) is 7.65. The molecule has 0 aromatic heterocycles. The van der Waals surface area contributed by atoms with E-state index in [-0.39, 0.29) is 17.0 Å². The molecule has 2 N–H and O–H groups in total. The van der Waals surface area contributed by atoms with Gasteiger partial charge < -0.3 is 10.6 Å². The molecule has 2 aliphatic carbocycles. The highest BCUT2D eigenvalue weighted by Crippen LogP contribution is 2.60. The minimum atomic E-state index is -1.48. The fourth-order valence-electron chi connectivity index (χ4n) is 4.88. The number of fused-ring (bicyclic) bond motifs is 2. The summed E-state index contributed by atoms with van der Waals surface area (Å²) in [4.78, 5) is 2.20. The first-order valence-corrected chi connectivity index (χ1v) is 8.57. The van der Waals surface area contributed by atoms with Crippen molar-refractivity contribution < 1.29 is 0 Å². The Morgan fingerprint density at radius 1 is 1.21 bits per heavy atom. The minimum absolute atomic E-state index is 0.0185. The van der Waals surface area contributed by atoms with Gasteiger partial charge in [-0.15, -0.1) is 0 Å². The average molecular weight is 321 g/mol. The van der Waals surface area contributed by atoms with Crippen LogP contribution in [0.4, 0.5) is 0 Å². The number of hydrogen-bond donors (Lipinski definition) is 1. The number of hydrogen-bond acceptors (Lipinski definition) is 5. The van der Waals surface area contributed by atoms with Gasteiger partial charge in [0.15, 0.2) is 0 Å². The first-order chi connectivity index (χ1) is 11.4. The lowest BCUT2D eigenvalue weighted by Gasteiger charge is -2.53. The van der Waals surface area contributed by atoms with Crippen LogP contribution in [-0.2, 0) is 0 Å². The Labute approximate surface area is 143 Å². The van der Waals surface area contributed by atoms with Crippen molar-refractivity contribution in [2.24, 2.45) is 28.4 Å². The quantitative estimate of drug-likeness (QED) is 0.691. The molecule has 1 saturated carbocycles. The Morgan fingerprint density at radius 2 is 1.83 bits per heavy atom. The molecule has 0 unspecified atom stereocenters. The van der Waals surface area contributed by atoms with Crippen molar-refractivity contribution >= 4 is 0 Å². The Kier molecular flexibility index (Phi) is 3.90. The zero-order chi connectivity index (χ0) is 17.5. The summed E-state index contributed by atoms with van der Waals surface area (Å²) in [7, 11) is 2.04. The van der Waals surface area contributed by atoms with Gasteiger partial charge in [-0.1, -0.05) is 13.0 Å². The Hall–Kier alpha value is -2.29. The van der Waals surface area contributed by atoms with E-state index >= 15 is 0 Å². The fraction of sp³-hybridized carbons (Fsp3) is 0.632. The van der Waals surface area contributed by atoms with Crippen LogP contribution >= 0.6 is 0 Å². The van der Waals surface area contributed by atoms with E-state index in [1.165, 1.54) is 0 Å². The number of nitrogens with zero attached hydrogens (tertiary/aromatic N) is 4. The van der Waals surface area contributed by atoms with E-state index in [0.717, 1.165) is 37.8 Å². The van der Waals surface area contributed by atoms with E-state index in [2.05, 4.69) is 30.0 Å². The van der Waals surface area contributed by atoms with Crippen LogP contribution in [0.3, 0.4) is 0 Å². The van der Waals surface area contributed by atoms with Gasteiger partial charge in [0.2, 0.25) is 5.41 Å². The van der Waals surface area contributed by atoms with Gasteiger partial charge in [0, 0.05) is 24.4 Å². The zero-order valence-electron chi connectivity index (χ0n) is 14.3. The molecule has 24 heavy (non-hydrogen) atoms. The van der Waals surface area contributed by atoms with Crippen molar-refractivity contribution in [1.29, 1.82) is 15.8 Å². The summed E-state index contributed by atoms with van der Waals surface area (Å²) in [5.74, 6) is 0.661. The van der Waals surface area contributed by atoms with Gasteiger partial charge >= 0.3 is 0 Å². The molecule has 0 saturated heterocycles. The smallest absolute Gasteiger partial charge is 0.204 e. The van der Waals surface area contributed by atoms with Crippen LogP contribution in [0.5, 0.6) is 0 Å². The predicted molar refractivity (Wildman–Crippen MR) is 89.6 cm³/mol. The number of rotatable bonds is 0. The van der Waals surface area contributed by atoms with Crippen molar-refractivity contribution in [3.8, 4) is 18.2 Å². The topological polar surface area (TPSA) is 101 Å². The average Bonchev–Trinajstić information content (AvgIpc) is 2.59. The largest absolute Gasteiger partial charge is 0.399 e. The molecule has 1 heterocycles. The van der Waals surface area contributed by atoms with Crippen LogP contribution in [0, 0.1) is 56.7 Å². The highest BCUT2D eigenvalue weighted by molar-refractivity contribution is 5.57. The van der Waals surface area contributed by atoms with Gasteiger partial charge in [-0.25, -0.2) is 0 Å². The van der Waals surface area contributed by atoms with Crippen LogP contribution in [0.2, 0.25) is 0 Å². The monoisotopic (exact) mass is 321 g/mol. The van der Waals surface area contributed by atoms with Crippen LogP contribution < -0.4 is 5.73 Å². The minimum Gasteiger partial charge on any atom is -0.399 e. The molecule has 1 fully saturated rings. The van der Waals surface area contributed by atoms with Crippen LogP contribution in [0.15, 0.2) is 22.9 Å². The van der Waals surface area contributed by atoms with Gasteiger partial charge in [-0.2, -0.15) is 15.8 Å². The van der Waals surface area contributed by atoms with E-state index in [0.29, 0.717) is 18.0 Å². The molecule has 1 atom stereocenters. The highest BCUT2D eigenvalue weighted by atomic mass is 15.1. The third-order valence-electron chi connectivity index (χ3n) is 6.38. The summed E-state index contributed by atoms with van der Waals surface area (Å²) in [5.41, 5.74) is 6.03. The van der Waals surface area contributed by atoms with Gasteiger partial charge in [-0.3, -0.25) is 0 Å². The van der Waals surface area contributed by atoms with Crippen LogP contribution in [0.25, 0.3) is 0 Å². The normalized spacial score (nSPS) is 35.4. The molecule has 0 amide bonds. The summed E-state index contributed by atoms with van der Waals surface area (Å²) in [6.07, 6.45) is 5.92. The lowest BCUT2D eigenvalue weighted by Crippen LogP contribution is -2.53. The van der Waals surface area contributed by atoms with Gasteiger partial charge in [-0.05, 0) is 44.2 Å². The third-order valence-corrected chi connectivity index (χ3v) is 6.38. The standard InChI is InChI=1S/C19H23N5/c1-13-3-6-18(7-4-13)15(9-20)17(23)19(11-21,12-22)14-5-8-24(2)10-16(14)18/h5,13,16H,3-4,6-8,10,23H2,1-2H3/t13?,16-,18?/m0/s1. The first kappa shape index (κ1) is 16.6. The lowest BCUT2D eigenvalue weighted by molar-refractivity contribution is 0.0914. The molecule has 124 valence electrons. The number of allylic oxidation sites excluding steroid dienone is 2. The molecule has 0 aromatic carbocycles. The Morgan fingerprint density at radius 3 is 2.38 bits per heavy atom. The molecule has 0 radical (unpaired) electrons. The fourth-order valence-corrected chi connectivity index (χ4v) is 4.88. The Bertz CT molecular complexity index is 717. The summed E-state index contributed by atoms with van der Waals surface area (Å²) in [6, 6.07) is 6.60. The summed E-state index contributed by atoms with van der Waals surface area (Å²) < 4.78 is 0. The Balaban J connectivity index is 2.28. The zero-order valence-corrected chi connectivity index (χ0v) is 14.3. The lowest BCUT2D eigenvalue weighted by atomic mass is 9.50. The maximum absolute atomic E-state index is 9.88. The molecule has 1 aliphatic heterocycles. The molecule has 5 heteroatoms. The number of nitriles is 3. The number of nitrogens with two attached hydrogens (primary N) is 1. The van der Waals surface area contributed by atoms with Crippen LogP contribution in [-0.4, -0.2) is 25.0 Å². The molecule has 3 rings (SSSR count). The number of likely N-dealkylation sites (N-methyl/N-ethyl adjacent to an activating group) is 1. The first-order valence-electron chi connectivity index (χ1n) is 8.57. The molecular weight excluding hydrogens is 298 g/mol. The highest BCUT2D eigenvalue weighted by Gasteiger charge is 2.58. The molecule has 1 spiro atoms. The van der Waals surface area contributed by atoms with Crippen LogP contribution in [0.1, 0.15) is 32.6 Å². The van der Waals surface area contributed by atoms with E-state index in [1.54, 1.807) is 0 Å². The van der Waals surface area contributed by atoms with Crippen molar-refractivity contribution in [1.82, 2.24) is 4.90 Å². The van der Waals surface area contributed by atoms with E-state index in [4.69, 9.17) is 5.73 Å². The van der Waals surface area contributed by atoms with Gasteiger partial charge in [0.1, 0.15) is 0 Å². The van der Waals surface area contributed by atoms with Crippen molar-refractivity contribution in [3.63, 3.8) is 0 Å². The second-order valence-corrected chi connectivity index (χ2v) is 7.65. The summed E-state index contributed by atoms with van der Waals surface area (Å²) >= 11 is 0. The predicted octanol–water partition coefficient (Wildman–Crippen LogP) is 2.45. The van der Waals surface area contributed by atoms with Gasteiger partial charge in [0.05, 0.1) is 29.5 Å². The molecule has 0 bridgehead atoms. The van der Waals surface area contributed by atoms with E-state index in [9.17, 15) is 15.8 Å². The maximum Gasteiger partial charge on any atom is 0.204 e. The van der Waals surface area contributed by atoms with Crippen molar-refractivity contribution in [2.75, 3.05) is 20.1 Å². The maximum atomic E-state index is 9.88.